The molecule has 2 atom stereocenters. The second kappa shape index (κ2) is 5.39. The monoisotopic (exact) mass is 253 g/mol. The van der Waals surface area contributed by atoms with Crippen molar-refractivity contribution in [3.8, 4) is 0 Å². The summed E-state index contributed by atoms with van der Waals surface area (Å²) in [5.74, 6) is 1.59. The smallest absolute Gasteiger partial charge is 0.129 e. The van der Waals surface area contributed by atoms with Crippen LogP contribution < -0.4 is 5.32 Å². The normalized spacial score (nSPS) is 21.1. The van der Waals surface area contributed by atoms with Gasteiger partial charge in [-0.25, -0.2) is 9.97 Å². The van der Waals surface area contributed by atoms with Crippen molar-refractivity contribution in [1.82, 2.24) is 9.97 Å². The summed E-state index contributed by atoms with van der Waals surface area (Å²) in [6.45, 7) is 2.17. The molecule has 1 aromatic carbocycles. The zero-order valence-electron chi connectivity index (χ0n) is 11.2. The molecule has 1 heterocycles. The molecule has 3 heteroatoms. The van der Waals surface area contributed by atoms with E-state index in [0.29, 0.717) is 12.0 Å². The molecule has 19 heavy (non-hydrogen) atoms. The highest BCUT2D eigenvalue weighted by molar-refractivity contribution is 5.42. The Bertz CT molecular complexity index is 539. The minimum Gasteiger partial charge on any atom is -0.367 e. The van der Waals surface area contributed by atoms with E-state index in [-0.39, 0.29) is 0 Å². The lowest BCUT2D eigenvalue weighted by Crippen LogP contribution is -2.06. The number of rotatable bonds is 5. The standard InChI is InChI=1S/C16H19N3/c1-2-6-13-9-16(18-11-17-13)19-15-10-14(15)12-7-4-3-5-8-12/h3-5,7-9,11,14-15H,2,6,10H2,1H3,(H,17,18,19). The fourth-order valence-electron chi connectivity index (χ4n) is 2.48. The molecule has 1 aliphatic rings. The quantitative estimate of drug-likeness (QED) is 0.887. The molecule has 3 nitrogen and oxygen atoms in total. The van der Waals surface area contributed by atoms with Gasteiger partial charge in [-0.2, -0.15) is 0 Å². The second-order valence-electron chi connectivity index (χ2n) is 5.15. The molecule has 2 unspecified atom stereocenters. The molecule has 0 aliphatic heterocycles. The number of nitrogens with zero attached hydrogens (tertiary/aromatic N) is 2. The third-order valence-corrected chi connectivity index (χ3v) is 3.58. The maximum absolute atomic E-state index is 4.31. The largest absolute Gasteiger partial charge is 0.367 e. The van der Waals surface area contributed by atoms with Crippen molar-refractivity contribution in [2.45, 2.75) is 38.1 Å². The van der Waals surface area contributed by atoms with Gasteiger partial charge in [0.25, 0.3) is 0 Å². The molecule has 1 aromatic heterocycles. The van der Waals surface area contributed by atoms with Gasteiger partial charge < -0.3 is 5.32 Å². The van der Waals surface area contributed by atoms with Crippen LogP contribution in [0, 0.1) is 0 Å². The summed E-state index contributed by atoms with van der Waals surface area (Å²) in [5.41, 5.74) is 2.54. The van der Waals surface area contributed by atoms with Gasteiger partial charge >= 0.3 is 0 Å². The van der Waals surface area contributed by atoms with E-state index in [0.717, 1.165) is 24.4 Å². The summed E-state index contributed by atoms with van der Waals surface area (Å²) in [6, 6.07) is 13.3. The van der Waals surface area contributed by atoms with Crippen molar-refractivity contribution in [2.75, 3.05) is 5.32 Å². The van der Waals surface area contributed by atoms with Gasteiger partial charge in [-0.1, -0.05) is 43.7 Å². The van der Waals surface area contributed by atoms with Gasteiger partial charge in [0.1, 0.15) is 12.1 Å². The first-order valence-electron chi connectivity index (χ1n) is 6.99. The van der Waals surface area contributed by atoms with Crippen molar-refractivity contribution in [2.24, 2.45) is 0 Å². The molecule has 0 saturated heterocycles. The molecule has 2 aromatic rings. The summed E-state index contributed by atoms with van der Waals surface area (Å²) >= 11 is 0. The first-order chi connectivity index (χ1) is 9.36. The minimum absolute atomic E-state index is 0.520. The first-order valence-corrected chi connectivity index (χ1v) is 6.99. The average molecular weight is 253 g/mol. The molecule has 1 aliphatic carbocycles. The Labute approximate surface area is 114 Å². The molecule has 0 bridgehead atoms. The van der Waals surface area contributed by atoms with Crippen molar-refractivity contribution in [1.29, 1.82) is 0 Å². The van der Waals surface area contributed by atoms with Crippen LogP contribution in [-0.4, -0.2) is 16.0 Å². The fraction of sp³-hybridized carbons (Fsp3) is 0.375. The van der Waals surface area contributed by atoms with Crippen molar-refractivity contribution in [3.63, 3.8) is 0 Å². The molecule has 3 rings (SSSR count). The maximum atomic E-state index is 4.31. The van der Waals surface area contributed by atoms with Crippen LogP contribution in [0.1, 0.15) is 36.9 Å². The lowest BCUT2D eigenvalue weighted by Gasteiger charge is -2.06. The van der Waals surface area contributed by atoms with Gasteiger partial charge in [0.15, 0.2) is 0 Å². The highest BCUT2D eigenvalue weighted by Gasteiger charge is 2.38. The average Bonchev–Trinajstić information content (AvgIpc) is 3.20. The van der Waals surface area contributed by atoms with Crippen molar-refractivity contribution >= 4 is 5.82 Å². The predicted molar refractivity (Wildman–Crippen MR) is 77.2 cm³/mol. The topological polar surface area (TPSA) is 37.8 Å². The molecule has 1 fully saturated rings. The third kappa shape index (κ3) is 2.92. The zero-order chi connectivity index (χ0) is 13.1. The Kier molecular flexibility index (Phi) is 3.45. The summed E-state index contributed by atoms with van der Waals surface area (Å²) in [4.78, 5) is 8.59. The van der Waals surface area contributed by atoms with Crippen LogP contribution in [0.25, 0.3) is 0 Å². The van der Waals surface area contributed by atoms with Crippen LogP contribution in [0.5, 0.6) is 0 Å². The SMILES string of the molecule is CCCc1cc(NC2CC2c2ccccc2)ncn1. The van der Waals surface area contributed by atoms with E-state index in [9.17, 15) is 0 Å². The summed E-state index contributed by atoms with van der Waals surface area (Å²) in [5, 5.41) is 3.51. The van der Waals surface area contributed by atoms with Crippen LogP contribution in [0.15, 0.2) is 42.7 Å². The maximum Gasteiger partial charge on any atom is 0.129 e. The van der Waals surface area contributed by atoms with Crippen LogP contribution in [0.2, 0.25) is 0 Å². The van der Waals surface area contributed by atoms with Gasteiger partial charge in [0, 0.05) is 23.7 Å². The highest BCUT2D eigenvalue weighted by atomic mass is 15.1. The number of hydrogen-bond donors (Lipinski definition) is 1. The molecule has 1 saturated carbocycles. The Morgan fingerprint density at radius 2 is 2.05 bits per heavy atom. The van der Waals surface area contributed by atoms with Crippen molar-refractivity contribution in [3.05, 3.63) is 54.0 Å². The Balaban J connectivity index is 1.63. The fourth-order valence-corrected chi connectivity index (χ4v) is 2.48. The van der Waals surface area contributed by atoms with E-state index in [1.807, 2.05) is 0 Å². The lowest BCUT2D eigenvalue weighted by atomic mass is 10.1. The Morgan fingerprint density at radius 1 is 1.21 bits per heavy atom. The molecule has 0 amide bonds. The predicted octanol–water partition coefficient (Wildman–Crippen LogP) is 3.40. The van der Waals surface area contributed by atoms with Gasteiger partial charge in [-0.3, -0.25) is 0 Å². The van der Waals surface area contributed by atoms with E-state index in [4.69, 9.17) is 0 Å². The molecule has 0 radical (unpaired) electrons. The summed E-state index contributed by atoms with van der Waals surface area (Å²) < 4.78 is 0. The number of aryl methyl sites for hydroxylation is 1. The number of nitrogens with one attached hydrogen (secondary N) is 1. The minimum atomic E-state index is 0.520. The van der Waals surface area contributed by atoms with Crippen LogP contribution in [0.3, 0.4) is 0 Å². The van der Waals surface area contributed by atoms with E-state index >= 15 is 0 Å². The van der Waals surface area contributed by atoms with Gasteiger partial charge in [0.2, 0.25) is 0 Å². The Morgan fingerprint density at radius 3 is 2.84 bits per heavy atom. The number of aromatic nitrogens is 2. The van der Waals surface area contributed by atoms with Gasteiger partial charge in [-0.05, 0) is 18.4 Å². The number of benzene rings is 1. The van der Waals surface area contributed by atoms with E-state index in [1.165, 1.54) is 12.0 Å². The Hall–Kier alpha value is -1.90. The van der Waals surface area contributed by atoms with E-state index in [2.05, 4.69) is 58.6 Å². The second-order valence-corrected chi connectivity index (χ2v) is 5.15. The van der Waals surface area contributed by atoms with E-state index in [1.54, 1.807) is 6.33 Å². The molecule has 1 N–H and O–H groups in total. The molecule has 0 spiro atoms. The summed E-state index contributed by atoms with van der Waals surface area (Å²) in [7, 11) is 0. The highest BCUT2D eigenvalue weighted by Crippen LogP contribution is 2.42. The summed E-state index contributed by atoms with van der Waals surface area (Å²) in [6.07, 6.45) is 4.99. The van der Waals surface area contributed by atoms with Crippen LogP contribution in [-0.2, 0) is 6.42 Å². The first kappa shape index (κ1) is 12.2. The molecular weight excluding hydrogens is 234 g/mol. The number of hydrogen-bond acceptors (Lipinski definition) is 3. The van der Waals surface area contributed by atoms with Crippen LogP contribution >= 0.6 is 0 Å². The van der Waals surface area contributed by atoms with Crippen LogP contribution in [0.4, 0.5) is 5.82 Å². The number of anilines is 1. The van der Waals surface area contributed by atoms with Gasteiger partial charge in [-0.15, -0.1) is 0 Å². The molecule has 98 valence electrons. The zero-order valence-corrected chi connectivity index (χ0v) is 11.2. The lowest BCUT2D eigenvalue weighted by molar-refractivity contribution is 0.870. The van der Waals surface area contributed by atoms with Crippen molar-refractivity contribution < 1.29 is 0 Å². The van der Waals surface area contributed by atoms with Gasteiger partial charge in [0.05, 0.1) is 0 Å². The molecular formula is C16H19N3. The van der Waals surface area contributed by atoms with E-state index < -0.39 is 0 Å². The third-order valence-electron chi connectivity index (χ3n) is 3.58.